The Labute approximate surface area is 147 Å². The van der Waals surface area contributed by atoms with Gasteiger partial charge in [0.2, 0.25) is 0 Å². The van der Waals surface area contributed by atoms with Gasteiger partial charge in [-0.15, -0.1) is 11.6 Å². The maximum absolute atomic E-state index is 11.9. The third-order valence-electron chi connectivity index (χ3n) is 3.41. The van der Waals surface area contributed by atoms with Gasteiger partial charge in [-0.1, -0.05) is 54.3 Å². The van der Waals surface area contributed by atoms with E-state index in [0.717, 1.165) is 11.1 Å². The predicted molar refractivity (Wildman–Crippen MR) is 93.6 cm³/mol. The number of ketones is 1. The van der Waals surface area contributed by atoms with Crippen molar-refractivity contribution in [3.8, 4) is 5.75 Å². The summed E-state index contributed by atoms with van der Waals surface area (Å²) in [6.45, 7) is 0.402. The number of alkyl halides is 1. The van der Waals surface area contributed by atoms with Crippen LogP contribution < -0.4 is 9.84 Å². The second-order valence-corrected chi connectivity index (χ2v) is 5.44. The second kappa shape index (κ2) is 9.13. The molecule has 0 saturated carbocycles. The average molecular weight is 341 g/mol. The summed E-state index contributed by atoms with van der Waals surface area (Å²) in [6, 6.07) is 16.1. The Hall–Kier alpha value is -2.27. The van der Waals surface area contributed by atoms with Gasteiger partial charge >= 0.3 is 0 Å². The first-order valence-electron chi connectivity index (χ1n) is 7.43. The topological polar surface area (TPSA) is 61.7 Å². The Morgan fingerprint density at radius 1 is 1.17 bits per heavy atom. The van der Waals surface area contributed by atoms with E-state index < -0.39 is 11.8 Å². The van der Waals surface area contributed by atoms with Gasteiger partial charge in [-0.2, -0.15) is 0 Å². The van der Waals surface area contributed by atoms with Crippen LogP contribution in [0.25, 0.3) is 0 Å². The number of benzene rings is 2. The van der Waals surface area contributed by atoms with E-state index in [1.807, 2.05) is 54.6 Å². The van der Waals surface area contributed by atoms with Crippen molar-refractivity contribution in [2.75, 3.05) is 5.88 Å². The summed E-state index contributed by atoms with van der Waals surface area (Å²) in [6.07, 6.45) is 0.208. The maximum atomic E-state index is 11.9. The molecule has 122 valence electrons. The summed E-state index contributed by atoms with van der Waals surface area (Å²) >= 11 is 5.58. The number of halogens is 1. The minimum Gasteiger partial charge on any atom is -0.870 e. The Bertz CT molecular complexity index is 702. The summed E-state index contributed by atoms with van der Waals surface area (Å²) in [5.41, 5.74) is 1.80. The quantitative estimate of drug-likeness (QED) is 0.319. The van der Waals surface area contributed by atoms with Crippen LogP contribution in [-0.4, -0.2) is 31.3 Å². The van der Waals surface area contributed by atoms with E-state index in [1.54, 1.807) is 0 Å². The SMILES string of the molecule is [B]C([O-])=N[C@H](Cc1ccccc1OCc1ccccc1)C(=O)CCl. The minimum absolute atomic E-state index is 0.208. The molecule has 4 nitrogen and oxygen atoms in total. The fourth-order valence-electron chi connectivity index (χ4n) is 2.23. The second-order valence-electron chi connectivity index (χ2n) is 5.17. The fraction of sp³-hybridized carbons (Fsp3) is 0.222. The van der Waals surface area contributed by atoms with Gasteiger partial charge in [0.15, 0.2) is 5.78 Å². The average Bonchev–Trinajstić information content (AvgIpc) is 2.60. The third kappa shape index (κ3) is 5.42. The number of rotatable bonds is 8. The van der Waals surface area contributed by atoms with Crippen molar-refractivity contribution in [1.82, 2.24) is 0 Å². The first kappa shape index (κ1) is 18.1. The standard InChI is InChI=1S/C18H17BClNO3/c19-18(23)21-15(16(22)11-20)10-14-8-4-5-9-17(14)24-12-13-6-2-1-3-7-13/h1-9,15H,10-12H2,(H,21,23)/p-1/t15-/m1/s1. The normalized spacial score (nSPS) is 12.6. The Kier molecular flexibility index (Phi) is 6.88. The van der Waals surface area contributed by atoms with Crippen LogP contribution in [0.2, 0.25) is 0 Å². The van der Waals surface area contributed by atoms with Crippen molar-refractivity contribution in [2.45, 2.75) is 19.1 Å². The smallest absolute Gasteiger partial charge is 0.172 e. The minimum atomic E-state index is -0.901. The molecule has 2 rings (SSSR count). The lowest BCUT2D eigenvalue weighted by Crippen LogP contribution is -2.28. The summed E-state index contributed by atoms with van der Waals surface area (Å²) in [7, 11) is 5.08. The zero-order valence-corrected chi connectivity index (χ0v) is 13.8. The van der Waals surface area contributed by atoms with Crippen molar-refractivity contribution in [1.29, 1.82) is 0 Å². The van der Waals surface area contributed by atoms with Gasteiger partial charge in [-0.25, -0.2) is 0 Å². The summed E-state index contributed by atoms with van der Waals surface area (Å²) in [5.74, 6) is -0.836. The molecule has 2 radical (unpaired) electrons. The molecule has 0 amide bonds. The molecule has 0 bridgehead atoms. The number of carbonyl (C=O) groups excluding carboxylic acids is 1. The molecule has 0 aliphatic rings. The first-order chi connectivity index (χ1) is 11.6. The fourth-order valence-corrected chi connectivity index (χ4v) is 2.41. The molecule has 0 unspecified atom stereocenters. The van der Waals surface area contributed by atoms with E-state index >= 15 is 0 Å². The van der Waals surface area contributed by atoms with Crippen molar-refractivity contribution in [3.63, 3.8) is 0 Å². The van der Waals surface area contributed by atoms with Crippen LogP contribution in [0.15, 0.2) is 59.6 Å². The Morgan fingerprint density at radius 3 is 2.50 bits per heavy atom. The molecule has 0 spiro atoms. The van der Waals surface area contributed by atoms with Crippen molar-refractivity contribution >= 4 is 31.0 Å². The highest BCUT2D eigenvalue weighted by Gasteiger charge is 2.18. The van der Waals surface area contributed by atoms with Crippen LogP contribution in [0.1, 0.15) is 11.1 Å². The van der Waals surface area contributed by atoms with Crippen LogP contribution in [0.5, 0.6) is 5.75 Å². The van der Waals surface area contributed by atoms with Crippen molar-refractivity contribution in [3.05, 3.63) is 65.7 Å². The van der Waals surface area contributed by atoms with E-state index in [-0.39, 0.29) is 18.1 Å². The van der Waals surface area contributed by atoms with E-state index in [2.05, 4.69) is 4.99 Å². The Morgan fingerprint density at radius 2 is 1.83 bits per heavy atom. The molecule has 1 atom stereocenters. The maximum Gasteiger partial charge on any atom is 0.172 e. The van der Waals surface area contributed by atoms with Gasteiger partial charge in [0.1, 0.15) is 26.2 Å². The Balaban J connectivity index is 2.15. The van der Waals surface area contributed by atoms with Gasteiger partial charge in [0, 0.05) is 6.42 Å². The van der Waals surface area contributed by atoms with Crippen molar-refractivity contribution < 1.29 is 14.6 Å². The highest BCUT2D eigenvalue weighted by atomic mass is 35.5. The molecule has 24 heavy (non-hydrogen) atoms. The van der Waals surface area contributed by atoms with Gasteiger partial charge in [0.05, 0.1) is 5.88 Å². The number of nitrogens with zero attached hydrogens (tertiary/aromatic N) is 1. The lowest BCUT2D eigenvalue weighted by molar-refractivity contribution is -0.208. The molecule has 0 saturated heterocycles. The largest absolute Gasteiger partial charge is 0.870 e. The lowest BCUT2D eigenvalue weighted by Gasteiger charge is -2.17. The molecule has 2 aromatic carbocycles. The molecular formula is C18H16BClNO3-. The number of para-hydroxylation sites is 1. The summed E-state index contributed by atoms with van der Waals surface area (Å²) in [5, 5.41) is 11.0. The molecule has 6 heteroatoms. The van der Waals surface area contributed by atoms with E-state index in [1.165, 1.54) is 0 Å². The molecule has 0 aliphatic carbocycles. The van der Waals surface area contributed by atoms with E-state index in [9.17, 15) is 9.90 Å². The van der Waals surface area contributed by atoms with Gasteiger partial charge in [0.25, 0.3) is 0 Å². The molecule has 0 aliphatic heterocycles. The molecule has 0 heterocycles. The molecule has 0 fully saturated rings. The molecule has 0 N–H and O–H groups in total. The zero-order valence-electron chi connectivity index (χ0n) is 13.0. The molecular weight excluding hydrogens is 324 g/mol. The van der Waals surface area contributed by atoms with E-state index in [4.69, 9.17) is 24.2 Å². The predicted octanol–water partition coefficient (Wildman–Crippen LogP) is 1.87. The van der Waals surface area contributed by atoms with Crippen LogP contribution in [0, 0.1) is 0 Å². The molecule has 0 aromatic heterocycles. The van der Waals surface area contributed by atoms with Crippen molar-refractivity contribution in [2.24, 2.45) is 4.99 Å². The number of hydrogen-bond donors (Lipinski definition) is 0. The van der Waals surface area contributed by atoms with Crippen LogP contribution >= 0.6 is 11.6 Å². The highest BCUT2D eigenvalue weighted by molar-refractivity contribution is 6.55. The number of aliphatic imine (C=N–C) groups is 1. The van der Waals surface area contributed by atoms with Crippen LogP contribution in [0.3, 0.4) is 0 Å². The number of Topliss-reactive ketones (excluding diaryl/α,β-unsaturated/α-hetero) is 1. The highest BCUT2D eigenvalue weighted by Crippen LogP contribution is 2.22. The van der Waals surface area contributed by atoms with Gasteiger partial charge in [-0.05, 0) is 17.2 Å². The number of ether oxygens (including phenoxy) is 1. The van der Waals surface area contributed by atoms with E-state index in [0.29, 0.717) is 12.4 Å². The monoisotopic (exact) mass is 340 g/mol. The van der Waals surface area contributed by atoms with Crippen LogP contribution in [0.4, 0.5) is 0 Å². The summed E-state index contributed by atoms with van der Waals surface area (Å²) < 4.78 is 5.84. The number of hydrogen-bond acceptors (Lipinski definition) is 4. The first-order valence-corrected chi connectivity index (χ1v) is 7.97. The molecule has 2 aromatic rings. The van der Waals surface area contributed by atoms with Gasteiger partial charge in [-0.3, -0.25) is 4.79 Å². The summed E-state index contributed by atoms with van der Waals surface area (Å²) in [4.78, 5) is 15.5. The number of carbonyl (C=O) groups is 1. The van der Waals surface area contributed by atoms with Gasteiger partial charge < -0.3 is 14.8 Å². The zero-order chi connectivity index (χ0) is 17.4. The van der Waals surface area contributed by atoms with Crippen LogP contribution in [-0.2, 0) is 17.8 Å². The third-order valence-corrected chi connectivity index (χ3v) is 3.67. The lowest BCUT2D eigenvalue weighted by atomic mass is 10.0.